The lowest BCUT2D eigenvalue weighted by molar-refractivity contribution is -0.137. The number of nitriles is 1. The van der Waals surface area contributed by atoms with Crippen LogP contribution in [-0.2, 0) is 12.7 Å². The largest absolute Gasteiger partial charge is 0.416 e. The lowest BCUT2D eigenvalue weighted by atomic mass is 10.1. The quantitative estimate of drug-likeness (QED) is 0.903. The van der Waals surface area contributed by atoms with Gasteiger partial charge >= 0.3 is 6.18 Å². The van der Waals surface area contributed by atoms with Crippen molar-refractivity contribution < 1.29 is 13.2 Å². The summed E-state index contributed by atoms with van der Waals surface area (Å²) < 4.78 is 37.3. The normalized spacial score (nSPS) is 11.0. The predicted molar refractivity (Wildman–Crippen MR) is 74.7 cm³/mol. The van der Waals surface area contributed by atoms with Crippen molar-refractivity contribution in [1.29, 1.82) is 5.26 Å². The molecule has 0 fully saturated rings. The standard InChI is InChI=1S/C16H13F3N2/c1-11-8-15(7-4-13(11)9-20)21-10-12-2-5-14(6-3-12)16(17,18)19/h2-8,21H,10H2,1H3. The number of alkyl halides is 3. The van der Waals surface area contributed by atoms with E-state index in [1.54, 1.807) is 12.1 Å². The Kier molecular flexibility index (Phi) is 4.18. The van der Waals surface area contributed by atoms with Gasteiger partial charge in [-0.25, -0.2) is 0 Å². The van der Waals surface area contributed by atoms with Crippen LogP contribution in [-0.4, -0.2) is 0 Å². The first-order valence-electron chi connectivity index (χ1n) is 6.31. The van der Waals surface area contributed by atoms with Crippen LogP contribution in [0.4, 0.5) is 18.9 Å². The van der Waals surface area contributed by atoms with E-state index in [4.69, 9.17) is 5.26 Å². The van der Waals surface area contributed by atoms with Crippen molar-refractivity contribution in [1.82, 2.24) is 0 Å². The topological polar surface area (TPSA) is 35.8 Å². The first-order chi connectivity index (χ1) is 9.90. The minimum Gasteiger partial charge on any atom is -0.381 e. The molecule has 0 atom stereocenters. The Morgan fingerprint density at radius 3 is 2.29 bits per heavy atom. The molecule has 108 valence electrons. The van der Waals surface area contributed by atoms with Gasteiger partial charge in [-0.3, -0.25) is 0 Å². The van der Waals surface area contributed by atoms with Crippen molar-refractivity contribution in [2.24, 2.45) is 0 Å². The molecule has 2 aromatic carbocycles. The van der Waals surface area contributed by atoms with Crippen molar-refractivity contribution in [3.63, 3.8) is 0 Å². The van der Waals surface area contributed by atoms with Gasteiger partial charge in [-0.2, -0.15) is 18.4 Å². The lowest BCUT2D eigenvalue weighted by Crippen LogP contribution is -2.05. The Labute approximate surface area is 120 Å². The summed E-state index contributed by atoms with van der Waals surface area (Å²) >= 11 is 0. The molecule has 0 unspecified atom stereocenters. The number of halogens is 3. The predicted octanol–water partition coefficient (Wildman–Crippen LogP) is 4.50. The van der Waals surface area contributed by atoms with E-state index in [2.05, 4.69) is 11.4 Å². The Bertz CT molecular complexity index is 667. The molecule has 0 heterocycles. The van der Waals surface area contributed by atoms with Crippen molar-refractivity contribution in [2.75, 3.05) is 5.32 Å². The maximum Gasteiger partial charge on any atom is 0.416 e. The van der Waals surface area contributed by atoms with E-state index in [-0.39, 0.29) is 0 Å². The molecule has 0 aliphatic heterocycles. The molecule has 2 rings (SSSR count). The zero-order valence-electron chi connectivity index (χ0n) is 11.3. The third-order valence-electron chi connectivity index (χ3n) is 3.12. The zero-order valence-corrected chi connectivity index (χ0v) is 11.3. The average molecular weight is 290 g/mol. The van der Waals surface area contributed by atoms with Gasteiger partial charge in [0, 0.05) is 12.2 Å². The Balaban J connectivity index is 2.03. The van der Waals surface area contributed by atoms with Crippen LogP contribution in [0.3, 0.4) is 0 Å². The maximum absolute atomic E-state index is 12.4. The highest BCUT2D eigenvalue weighted by molar-refractivity contribution is 5.51. The summed E-state index contributed by atoms with van der Waals surface area (Å²) in [7, 11) is 0. The molecule has 0 radical (unpaired) electrons. The fraction of sp³-hybridized carbons (Fsp3) is 0.188. The number of hydrogen-bond donors (Lipinski definition) is 1. The summed E-state index contributed by atoms with van der Waals surface area (Å²) in [5, 5.41) is 12.0. The van der Waals surface area contributed by atoms with Crippen LogP contribution < -0.4 is 5.32 Å². The van der Waals surface area contributed by atoms with Crippen LogP contribution in [0.25, 0.3) is 0 Å². The van der Waals surface area contributed by atoms with Gasteiger partial charge in [0.2, 0.25) is 0 Å². The number of rotatable bonds is 3. The molecule has 0 bridgehead atoms. The highest BCUT2D eigenvalue weighted by Crippen LogP contribution is 2.29. The molecule has 2 aromatic rings. The van der Waals surface area contributed by atoms with Gasteiger partial charge < -0.3 is 5.32 Å². The monoisotopic (exact) mass is 290 g/mol. The summed E-state index contributed by atoms with van der Waals surface area (Å²) in [5.74, 6) is 0. The Hall–Kier alpha value is -2.48. The zero-order chi connectivity index (χ0) is 15.5. The van der Waals surface area contributed by atoms with Crippen molar-refractivity contribution >= 4 is 5.69 Å². The minimum atomic E-state index is -4.31. The molecule has 2 nitrogen and oxygen atoms in total. The van der Waals surface area contributed by atoms with Crippen molar-refractivity contribution in [3.05, 3.63) is 64.7 Å². The van der Waals surface area contributed by atoms with Gasteiger partial charge in [0.1, 0.15) is 0 Å². The first-order valence-corrected chi connectivity index (χ1v) is 6.31. The second-order valence-electron chi connectivity index (χ2n) is 4.69. The van der Waals surface area contributed by atoms with Crippen molar-refractivity contribution in [2.45, 2.75) is 19.6 Å². The van der Waals surface area contributed by atoms with Crippen LogP contribution in [0.15, 0.2) is 42.5 Å². The molecule has 0 aliphatic rings. The minimum absolute atomic E-state index is 0.420. The van der Waals surface area contributed by atoms with Crippen LogP contribution in [0, 0.1) is 18.3 Å². The smallest absolute Gasteiger partial charge is 0.381 e. The van der Waals surface area contributed by atoms with Gasteiger partial charge in [-0.1, -0.05) is 12.1 Å². The second kappa shape index (κ2) is 5.88. The highest BCUT2D eigenvalue weighted by atomic mass is 19.4. The van der Waals surface area contributed by atoms with E-state index in [0.717, 1.165) is 28.9 Å². The second-order valence-corrected chi connectivity index (χ2v) is 4.69. The third kappa shape index (κ3) is 3.76. The molecule has 0 spiro atoms. The Morgan fingerprint density at radius 1 is 1.10 bits per heavy atom. The molecular weight excluding hydrogens is 277 g/mol. The number of anilines is 1. The Morgan fingerprint density at radius 2 is 1.76 bits per heavy atom. The summed E-state index contributed by atoms with van der Waals surface area (Å²) in [6.45, 7) is 2.26. The number of nitrogens with zero attached hydrogens (tertiary/aromatic N) is 1. The number of benzene rings is 2. The van der Waals surface area contributed by atoms with Crippen LogP contribution in [0.1, 0.15) is 22.3 Å². The molecular formula is C16H13F3N2. The molecule has 0 amide bonds. The number of hydrogen-bond acceptors (Lipinski definition) is 2. The lowest BCUT2D eigenvalue weighted by Gasteiger charge is -2.10. The van der Waals surface area contributed by atoms with Gasteiger partial charge in [0.05, 0.1) is 17.2 Å². The van der Waals surface area contributed by atoms with Crippen LogP contribution >= 0.6 is 0 Å². The van der Waals surface area contributed by atoms with Gasteiger partial charge in [-0.15, -0.1) is 0 Å². The van der Waals surface area contributed by atoms with E-state index in [0.29, 0.717) is 12.1 Å². The first kappa shape index (κ1) is 14.9. The molecule has 1 N–H and O–H groups in total. The summed E-state index contributed by atoms with van der Waals surface area (Å²) in [6.07, 6.45) is -4.31. The highest BCUT2D eigenvalue weighted by Gasteiger charge is 2.29. The van der Waals surface area contributed by atoms with Crippen LogP contribution in [0.2, 0.25) is 0 Å². The molecule has 0 aliphatic carbocycles. The van der Waals surface area contributed by atoms with E-state index >= 15 is 0 Å². The molecule has 0 saturated heterocycles. The van der Waals surface area contributed by atoms with Gasteiger partial charge in [-0.05, 0) is 48.4 Å². The number of aryl methyl sites for hydroxylation is 1. The maximum atomic E-state index is 12.4. The summed E-state index contributed by atoms with van der Waals surface area (Å²) in [5.41, 5.74) is 2.39. The van der Waals surface area contributed by atoms with E-state index < -0.39 is 11.7 Å². The van der Waals surface area contributed by atoms with E-state index in [1.807, 2.05) is 13.0 Å². The summed E-state index contributed by atoms with van der Waals surface area (Å²) in [6, 6.07) is 12.4. The van der Waals surface area contributed by atoms with Gasteiger partial charge in [0.25, 0.3) is 0 Å². The fourth-order valence-corrected chi connectivity index (χ4v) is 1.91. The van der Waals surface area contributed by atoms with Crippen molar-refractivity contribution in [3.8, 4) is 6.07 Å². The molecule has 0 saturated carbocycles. The third-order valence-corrected chi connectivity index (χ3v) is 3.12. The number of nitrogens with one attached hydrogen (secondary N) is 1. The molecule has 0 aromatic heterocycles. The van der Waals surface area contributed by atoms with Gasteiger partial charge in [0.15, 0.2) is 0 Å². The van der Waals surface area contributed by atoms with Crippen LogP contribution in [0.5, 0.6) is 0 Å². The van der Waals surface area contributed by atoms with E-state index in [1.165, 1.54) is 12.1 Å². The molecule has 21 heavy (non-hydrogen) atoms. The SMILES string of the molecule is Cc1cc(NCc2ccc(C(F)(F)F)cc2)ccc1C#N. The fourth-order valence-electron chi connectivity index (χ4n) is 1.91. The summed E-state index contributed by atoms with van der Waals surface area (Å²) in [4.78, 5) is 0. The average Bonchev–Trinajstić information content (AvgIpc) is 2.45. The molecule has 5 heteroatoms. The van der Waals surface area contributed by atoms with E-state index in [9.17, 15) is 13.2 Å².